The lowest BCUT2D eigenvalue weighted by molar-refractivity contribution is -0.120. The van der Waals surface area contributed by atoms with E-state index in [1.54, 1.807) is 4.57 Å². The van der Waals surface area contributed by atoms with Gasteiger partial charge in [-0.3, -0.25) is 9.36 Å². The van der Waals surface area contributed by atoms with Crippen LogP contribution in [0.4, 0.5) is 0 Å². The molecule has 0 bridgehead atoms. The summed E-state index contributed by atoms with van der Waals surface area (Å²) in [4.78, 5) is 23.9. The normalized spacial score (nSPS) is 15.5. The van der Waals surface area contributed by atoms with Crippen molar-refractivity contribution in [1.29, 1.82) is 0 Å². The summed E-state index contributed by atoms with van der Waals surface area (Å²) in [6.45, 7) is 2.32. The van der Waals surface area contributed by atoms with E-state index >= 15 is 0 Å². The summed E-state index contributed by atoms with van der Waals surface area (Å²) in [6, 6.07) is 10.0. The molecular weight excluding hydrogens is 300 g/mol. The average Bonchev–Trinajstić information content (AvgIpc) is 3.30. The third-order valence-electron chi connectivity index (χ3n) is 3.55. The summed E-state index contributed by atoms with van der Waals surface area (Å²) < 4.78 is 1.66. The van der Waals surface area contributed by atoms with Gasteiger partial charge >= 0.3 is 5.69 Å². The Morgan fingerprint density at radius 2 is 2.18 bits per heavy atom. The summed E-state index contributed by atoms with van der Waals surface area (Å²) >= 11 is 1.31. The van der Waals surface area contributed by atoms with Gasteiger partial charge in [0.1, 0.15) is 0 Å². The van der Waals surface area contributed by atoms with Gasteiger partial charge in [-0.15, -0.1) is 5.10 Å². The van der Waals surface area contributed by atoms with Crippen molar-refractivity contribution >= 4 is 17.7 Å². The Morgan fingerprint density at radius 1 is 1.45 bits per heavy atom. The smallest absolute Gasteiger partial charge is 0.344 e. The Bertz CT molecular complexity index is 706. The summed E-state index contributed by atoms with van der Waals surface area (Å²) in [5.41, 5.74) is 0.865. The van der Waals surface area contributed by atoms with E-state index in [2.05, 4.69) is 15.5 Å². The molecule has 0 unspecified atom stereocenters. The molecule has 0 saturated heterocycles. The van der Waals surface area contributed by atoms with E-state index in [0.717, 1.165) is 18.4 Å². The highest BCUT2D eigenvalue weighted by Crippen LogP contribution is 2.36. The van der Waals surface area contributed by atoms with Crippen molar-refractivity contribution < 1.29 is 4.79 Å². The molecule has 3 rings (SSSR count). The number of nitrogens with one attached hydrogen (secondary N) is 2. The van der Waals surface area contributed by atoms with Crippen molar-refractivity contribution in [2.24, 2.45) is 0 Å². The van der Waals surface area contributed by atoms with Gasteiger partial charge < -0.3 is 5.32 Å². The molecule has 1 aliphatic rings. The van der Waals surface area contributed by atoms with Crippen molar-refractivity contribution in [3.8, 4) is 0 Å². The van der Waals surface area contributed by atoms with Gasteiger partial charge in [-0.2, -0.15) is 0 Å². The topological polar surface area (TPSA) is 79.8 Å². The van der Waals surface area contributed by atoms with Gasteiger partial charge in [-0.05, 0) is 25.3 Å². The van der Waals surface area contributed by atoms with Crippen LogP contribution in [-0.4, -0.2) is 25.9 Å². The quantitative estimate of drug-likeness (QED) is 0.795. The van der Waals surface area contributed by atoms with E-state index < -0.39 is 0 Å². The Morgan fingerprint density at radius 3 is 2.86 bits per heavy atom. The van der Waals surface area contributed by atoms with Crippen LogP contribution >= 0.6 is 11.8 Å². The van der Waals surface area contributed by atoms with Gasteiger partial charge in [0.2, 0.25) is 5.91 Å². The number of aromatic nitrogens is 3. The minimum absolute atomic E-state index is 0.0633. The Labute approximate surface area is 132 Å². The number of carbonyl (C=O) groups is 1. The number of benzene rings is 1. The van der Waals surface area contributed by atoms with Crippen LogP contribution in [0.15, 0.2) is 40.3 Å². The number of hydrogen-bond acceptors (Lipinski definition) is 4. The highest BCUT2D eigenvalue weighted by atomic mass is 32.2. The van der Waals surface area contributed by atoms with E-state index in [1.807, 2.05) is 37.3 Å². The maximum Gasteiger partial charge on any atom is 0.344 e. The molecule has 1 aliphatic carbocycles. The monoisotopic (exact) mass is 318 g/mol. The van der Waals surface area contributed by atoms with Gasteiger partial charge in [-0.25, -0.2) is 9.89 Å². The van der Waals surface area contributed by atoms with Gasteiger partial charge in [0.05, 0.1) is 5.25 Å². The number of carbonyl (C=O) groups excluding carboxylic acids is 1. The van der Waals surface area contributed by atoms with Crippen LogP contribution < -0.4 is 11.0 Å². The molecule has 1 aromatic carbocycles. The predicted molar refractivity (Wildman–Crippen MR) is 84.7 cm³/mol. The van der Waals surface area contributed by atoms with E-state index in [9.17, 15) is 9.59 Å². The Kier molecular flexibility index (Phi) is 4.33. The molecular formula is C15H18N4O2S. The standard InChI is InChI=1S/C15H18N4O2S/c1-10(13(20)16-9-11-5-3-2-4-6-11)22-15-18-17-14(21)19(15)12-7-8-12/h2-6,10,12H,7-9H2,1H3,(H,16,20)(H,17,21)/t10-/m0/s1. The molecule has 0 aliphatic heterocycles. The van der Waals surface area contributed by atoms with Crippen LogP contribution in [0.2, 0.25) is 0 Å². The van der Waals surface area contributed by atoms with E-state index in [1.165, 1.54) is 11.8 Å². The van der Waals surface area contributed by atoms with Crippen LogP contribution in [0.25, 0.3) is 0 Å². The molecule has 1 heterocycles. The molecule has 0 spiro atoms. The molecule has 1 aromatic heterocycles. The molecule has 1 fully saturated rings. The minimum Gasteiger partial charge on any atom is -0.351 e. The van der Waals surface area contributed by atoms with Crippen LogP contribution in [0.3, 0.4) is 0 Å². The molecule has 2 N–H and O–H groups in total. The van der Waals surface area contributed by atoms with Crippen molar-refractivity contribution in [1.82, 2.24) is 20.1 Å². The zero-order valence-electron chi connectivity index (χ0n) is 12.3. The van der Waals surface area contributed by atoms with Crippen LogP contribution in [0.1, 0.15) is 31.4 Å². The third-order valence-corrected chi connectivity index (χ3v) is 4.61. The predicted octanol–water partition coefficient (Wildman–Crippen LogP) is 1.70. The zero-order chi connectivity index (χ0) is 15.5. The molecule has 1 amide bonds. The lowest BCUT2D eigenvalue weighted by Gasteiger charge is -2.12. The third kappa shape index (κ3) is 3.41. The molecule has 0 radical (unpaired) electrons. The lowest BCUT2D eigenvalue weighted by atomic mass is 10.2. The Hall–Kier alpha value is -2.02. The first kappa shape index (κ1) is 14.9. The number of H-pyrrole nitrogens is 1. The summed E-state index contributed by atoms with van der Waals surface area (Å²) in [7, 11) is 0. The second-order valence-corrected chi connectivity index (χ2v) is 6.68. The number of aromatic amines is 1. The summed E-state index contributed by atoms with van der Waals surface area (Å²) in [5.74, 6) is -0.0633. The minimum atomic E-state index is -0.309. The first-order valence-corrected chi connectivity index (χ1v) is 8.18. The number of rotatable bonds is 6. The van der Waals surface area contributed by atoms with E-state index in [0.29, 0.717) is 11.7 Å². The second kappa shape index (κ2) is 6.39. The summed E-state index contributed by atoms with van der Waals surface area (Å²) in [5, 5.41) is 9.68. The maximum absolute atomic E-state index is 12.2. The van der Waals surface area contributed by atoms with Crippen molar-refractivity contribution in [3.63, 3.8) is 0 Å². The fourth-order valence-corrected chi connectivity index (χ4v) is 3.12. The van der Waals surface area contributed by atoms with Crippen molar-refractivity contribution in [2.75, 3.05) is 0 Å². The number of hydrogen-bond donors (Lipinski definition) is 2. The van der Waals surface area contributed by atoms with Gasteiger partial charge in [0, 0.05) is 12.6 Å². The van der Waals surface area contributed by atoms with E-state index in [-0.39, 0.29) is 22.9 Å². The van der Waals surface area contributed by atoms with Crippen LogP contribution in [0.5, 0.6) is 0 Å². The zero-order valence-corrected chi connectivity index (χ0v) is 13.1. The van der Waals surface area contributed by atoms with Crippen LogP contribution in [0, 0.1) is 0 Å². The molecule has 22 heavy (non-hydrogen) atoms. The number of amides is 1. The molecule has 7 heteroatoms. The lowest BCUT2D eigenvalue weighted by Crippen LogP contribution is -2.30. The Balaban J connectivity index is 1.58. The SMILES string of the molecule is C[C@H](Sc1n[nH]c(=O)n1C1CC1)C(=O)NCc1ccccc1. The van der Waals surface area contributed by atoms with Crippen molar-refractivity contribution in [3.05, 3.63) is 46.4 Å². The first-order chi connectivity index (χ1) is 10.6. The second-order valence-electron chi connectivity index (χ2n) is 5.38. The maximum atomic E-state index is 12.2. The number of nitrogens with zero attached hydrogens (tertiary/aromatic N) is 2. The largest absolute Gasteiger partial charge is 0.351 e. The van der Waals surface area contributed by atoms with E-state index in [4.69, 9.17) is 0 Å². The highest BCUT2D eigenvalue weighted by molar-refractivity contribution is 8.00. The fraction of sp³-hybridized carbons (Fsp3) is 0.400. The summed E-state index contributed by atoms with van der Waals surface area (Å²) in [6.07, 6.45) is 2.00. The highest BCUT2D eigenvalue weighted by Gasteiger charge is 2.30. The van der Waals surface area contributed by atoms with Gasteiger partial charge in [0.15, 0.2) is 5.16 Å². The molecule has 6 nitrogen and oxygen atoms in total. The molecule has 1 saturated carbocycles. The van der Waals surface area contributed by atoms with Gasteiger partial charge in [0.25, 0.3) is 0 Å². The average molecular weight is 318 g/mol. The number of thioether (sulfide) groups is 1. The molecule has 116 valence electrons. The molecule has 1 atom stereocenters. The fourth-order valence-electron chi connectivity index (χ4n) is 2.17. The first-order valence-electron chi connectivity index (χ1n) is 7.30. The molecule has 2 aromatic rings. The van der Waals surface area contributed by atoms with Crippen molar-refractivity contribution in [2.45, 2.75) is 42.8 Å². The van der Waals surface area contributed by atoms with Gasteiger partial charge in [-0.1, -0.05) is 42.1 Å². The van der Waals surface area contributed by atoms with Crippen LogP contribution in [-0.2, 0) is 11.3 Å².